The quantitative estimate of drug-likeness (QED) is 0.427. The molecule has 0 aliphatic rings. The van der Waals surface area contributed by atoms with Crippen molar-refractivity contribution >= 4 is 58.6 Å². The van der Waals surface area contributed by atoms with Crippen LogP contribution in [0.2, 0.25) is 0 Å². The third-order valence-corrected chi connectivity index (χ3v) is 8.82. The van der Waals surface area contributed by atoms with Gasteiger partial charge < -0.3 is 13.3 Å². The predicted molar refractivity (Wildman–Crippen MR) is 93.2 cm³/mol. The van der Waals surface area contributed by atoms with Crippen LogP contribution in [0.1, 0.15) is 11.1 Å². The topological polar surface area (TPSA) is 27.7 Å². The Hall–Kier alpha value is 0.974. The third-order valence-electron chi connectivity index (χ3n) is 2.78. The van der Waals surface area contributed by atoms with E-state index in [0.29, 0.717) is 6.04 Å². The van der Waals surface area contributed by atoms with Crippen LogP contribution >= 0.6 is 45.9 Å². The molecule has 1 aromatic rings. The fourth-order valence-corrected chi connectivity index (χ4v) is 7.00. The fraction of sp³-hybridized carbons (Fsp3) is 0.455. The van der Waals surface area contributed by atoms with E-state index in [1.165, 1.54) is 5.56 Å². The van der Waals surface area contributed by atoms with Crippen LogP contribution in [0.15, 0.2) is 24.3 Å². The van der Waals surface area contributed by atoms with E-state index in [-0.39, 0.29) is 0 Å². The molecule has 0 bridgehead atoms. The zero-order valence-electron chi connectivity index (χ0n) is 11.1. The average Bonchev–Trinajstić information content (AvgIpc) is 2.37. The molecule has 0 N–H and O–H groups in total. The highest BCUT2D eigenvalue weighted by atomic mass is 80.0. The van der Waals surface area contributed by atoms with Gasteiger partial charge >= 0.3 is 8.80 Å². The second-order valence-corrected chi connectivity index (χ2v) is 30.4. The van der Waals surface area contributed by atoms with Gasteiger partial charge in [0, 0.05) is 27.4 Å². The lowest BCUT2D eigenvalue weighted by atomic mass is 10.2. The van der Waals surface area contributed by atoms with E-state index < -0.39 is 12.7 Å². The number of hydrogen-bond acceptors (Lipinski definition) is 3. The van der Waals surface area contributed by atoms with Gasteiger partial charge in [0.05, 0.1) is 0 Å². The van der Waals surface area contributed by atoms with E-state index in [9.17, 15) is 0 Å². The number of benzene rings is 1. The Morgan fingerprint density at radius 2 is 1.16 bits per heavy atom. The number of rotatable bonds is 7. The van der Waals surface area contributed by atoms with Crippen molar-refractivity contribution in [2.24, 2.45) is 0 Å². The molecule has 0 saturated carbocycles. The molecule has 1 rings (SSSR count). The van der Waals surface area contributed by atoms with E-state index >= 15 is 0 Å². The number of halogens is 3. The summed E-state index contributed by atoms with van der Waals surface area (Å²) in [7, 11) is 2.36. The Kier molecular flexibility index (Phi) is 7.43. The van der Waals surface area contributed by atoms with E-state index in [1.807, 2.05) is 0 Å². The minimum absolute atomic E-state index is 0.677. The summed E-state index contributed by atoms with van der Waals surface area (Å²) in [5.74, 6) is 0. The van der Waals surface area contributed by atoms with Crippen molar-refractivity contribution in [2.75, 3.05) is 21.3 Å². The molecule has 0 heterocycles. The minimum Gasteiger partial charge on any atom is -0.377 e. The SMILES string of the molecule is CO[Si](Cc1ccc(C[Si](Br)(Br)Br)cc1)(OC)OC. The van der Waals surface area contributed by atoms with Gasteiger partial charge in [-0.25, -0.2) is 0 Å². The van der Waals surface area contributed by atoms with Crippen LogP contribution in [0, 0.1) is 0 Å². The van der Waals surface area contributed by atoms with Gasteiger partial charge in [-0.3, -0.25) is 0 Å². The highest BCUT2D eigenvalue weighted by molar-refractivity contribution is 9.71. The lowest BCUT2D eigenvalue weighted by molar-refractivity contribution is 0.122. The predicted octanol–water partition coefficient (Wildman–Crippen LogP) is 3.85. The molecule has 0 fully saturated rings. The summed E-state index contributed by atoms with van der Waals surface area (Å²) in [4.78, 5) is 0. The standard InChI is InChI=1S/C11H17Br3O3Si2/c1-15-19(16-2,17-3)9-11-6-4-10(5-7-11)8-18(12,13)14/h4-7H,8-9H2,1-3H3. The lowest BCUT2D eigenvalue weighted by Crippen LogP contribution is -2.45. The molecule has 0 radical (unpaired) electrons. The number of hydrogen-bond donors (Lipinski definition) is 0. The summed E-state index contributed by atoms with van der Waals surface area (Å²) in [6, 6.07) is 10.1. The second kappa shape index (κ2) is 7.83. The zero-order chi connectivity index (χ0) is 14.5. The van der Waals surface area contributed by atoms with Gasteiger partial charge in [-0.05, 0) is 17.2 Å². The smallest absolute Gasteiger partial charge is 0.377 e. The minimum atomic E-state index is -2.54. The van der Waals surface area contributed by atoms with Gasteiger partial charge in [0.2, 0.25) is 0 Å². The highest BCUT2D eigenvalue weighted by Gasteiger charge is 2.37. The maximum atomic E-state index is 5.43. The monoisotopic (exact) mass is 490 g/mol. The van der Waals surface area contributed by atoms with Crippen LogP contribution in [0.3, 0.4) is 0 Å². The summed E-state index contributed by atoms with van der Waals surface area (Å²) in [6.07, 6.45) is 0. The van der Waals surface area contributed by atoms with Gasteiger partial charge in [0.15, 0.2) is 0 Å². The van der Waals surface area contributed by atoms with Crippen LogP contribution in [0.4, 0.5) is 0 Å². The highest BCUT2D eigenvalue weighted by Crippen LogP contribution is 2.31. The first-order valence-electron chi connectivity index (χ1n) is 5.64. The average molecular weight is 493 g/mol. The van der Waals surface area contributed by atoms with Crippen LogP contribution in [-0.2, 0) is 25.4 Å². The molecule has 0 spiro atoms. The fourth-order valence-electron chi connectivity index (χ4n) is 1.72. The summed E-state index contributed by atoms with van der Waals surface area (Å²) in [6.45, 7) is 0. The molecule has 3 nitrogen and oxygen atoms in total. The Labute approximate surface area is 140 Å². The summed E-state index contributed by atoms with van der Waals surface area (Å²) < 4.78 is 14.7. The first-order valence-corrected chi connectivity index (χ1v) is 16.5. The summed E-state index contributed by atoms with van der Waals surface area (Å²) in [5.41, 5.74) is 2.44. The largest absolute Gasteiger partial charge is 0.504 e. The Balaban J connectivity index is 2.76. The molecule has 0 saturated heterocycles. The van der Waals surface area contributed by atoms with Gasteiger partial charge in [0.1, 0.15) is 0 Å². The lowest BCUT2D eigenvalue weighted by Gasteiger charge is -2.24. The molecular formula is C11H17Br3O3Si2. The second-order valence-electron chi connectivity index (χ2n) is 4.08. The molecule has 1 aromatic carbocycles. The van der Waals surface area contributed by atoms with Crippen molar-refractivity contribution in [1.29, 1.82) is 0 Å². The van der Waals surface area contributed by atoms with Crippen molar-refractivity contribution in [3.05, 3.63) is 35.4 Å². The van der Waals surface area contributed by atoms with Gasteiger partial charge in [0.25, 0.3) is 3.93 Å². The third kappa shape index (κ3) is 6.08. The normalized spacial score (nSPS) is 12.7. The van der Waals surface area contributed by atoms with Crippen molar-refractivity contribution in [2.45, 2.75) is 12.1 Å². The molecule has 0 amide bonds. The maximum absolute atomic E-state index is 5.43. The van der Waals surface area contributed by atoms with E-state index in [4.69, 9.17) is 13.3 Å². The van der Waals surface area contributed by atoms with Crippen LogP contribution in [0.5, 0.6) is 0 Å². The first kappa shape index (κ1) is 18.0. The molecular weight excluding hydrogens is 476 g/mol. The Morgan fingerprint density at radius 1 is 0.789 bits per heavy atom. The van der Waals surface area contributed by atoms with Crippen molar-refractivity contribution in [1.82, 2.24) is 0 Å². The molecule has 8 heteroatoms. The molecule has 0 unspecified atom stereocenters. The molecule has 0 aromatic heterocycles. The van der Waals surface area contributed by atoms with Crippen LogP contribution in [-0.4, -0.2) is 34.1 Å². The summed E-state index contributed by atoms with van der Waals surface area (Å²) in [5, 5.41) is 0. The molecule has 108 valence electrons. The Bertz CT molecular complexity index is 383. The van der Waals surface area contributed by atoms with E-state index in [2.05, 4.69) is 70.1 Å². The zero-order valence-corrected chi connectivity index (χ0v) is 17.8. The van der Waals surface area contributed by atoms with Crippen molar-refractivity contribution in [3.8, 4) is 0 Å². The van der Waals surface area contributed by atoms with Crippen LogP contribution < -0.4 is 0 Å². The first-order chi connectivity index (χ1) is 8.84. The molecule has 0 aliphatic heterocycles. The maximum Gasteiger partial charge on any atom is 0.504 e. The summed E-state index contributed by atoms with van der Waals surface area (Å²) >= 11 is 10.9. The van der Waals surface area contributed by atoms with E-state index in [0.717, 1.165) is 11.6 Å². The van der Waals surface area contributed by atoms with Crippen molar-refractivity contribution < 1.29 is 13.3 Å². The van der Waals surface area contributed by atoms with Crippen molar-refractivity contribution in [3.63, 3.8) is 0 Å². The molecule has 0 aliphatic carbocycles. The van der Waals surface area contributed by atoms with Gasteiger partial charge in [-0.2, -0.15) is 0 Å². The van der Waals surface area contributed by atoms with E-state index in [1.54, 1.807) is 21.3 Å². The molecule has 0 atom stereocenters. The van der Waals surface area contributed by atoms with Gasteiger partial charge in [-0.1, -0.05) is 70.1 Å². The van der Waals surface area contributed by atoms with Crippen LogP contribution in [0.25, 0.3) is 0 Å². The molecule has 19 heavy (non-hydrogen) atoms. The van der Waals surface area contributed by atoms with Gasteiger partial charge in [-0.15, -0.1) is 0 Å². The Morgan fingerprint density at radius 3 is 1.47 bits per heavy atom.